The second-order valence-corrected chi connectivity index (χ2v) is 7.17. The number of carbonyl (C=O) groups excluding carboxylic acids is 1. The molecule has 1 unspecified atom stereocenters. The van der Waals surface area contributed by atoms with Gasteiger partial charge < -0.3 is 15.0 Å². The third kappa shape index (κ3) is 4.23. The van der Waals surface area contributed by atoms with Gasteiger partial charge >= 0.3 is 6.03 Å². The van der Waals surface area contributed by atoms with Crippen molar-refractivity contribution in [2.75, 3.05) is 19.6 Å². The molecule has 0 bridgehead atoms. The molecular weight excluding hydrogens is 324 g/mol. The first-order valence-electron chi connectivity index (χ1n) is 8.14. The topological polar surface area (TPSA) is 67.4 Å². The summed E-state index contributed by atoms with van der Waals surface area (Å²) in [6.45, 7) is 5.98. The zero-order valence-electron chi connectivity index (χ0n) is 14.0. The molecule has 24 heavy (non-hydrogen) atoms. The summed E-state index contributed by atoms with van der Waals surface area (Å²) in [6, 6.07) is 3.71. The molecule has 3 rings (SSSR count). The van der Waals surface area contributed by atoms with Gasteiger partial charge in [-0.1, -0.05) is 0 Å². The number of pyridine rings is 1. The number of ether oxygens (including phenoxy) is 1. The minimum atomic E-state index is -0.0221. The number of thiazole rings is 1. The van der Waals surface area contributed by atoms with Gasteiger partial charge in [-0.2, -0.15) is 0 Å². The normalized spacial score (nSPS) is 17.1. The third-order valence-corrected chi connectivity index (χ3v) is 5.13. The van der Waals surface area contributed by atoms with Gasteiger partial charge in [0.25, 0.3) is 0 Å². The Bertz CT molecular complexity index is 689. The molecule has 2 amide bonds. The van der Waals surface area contributed by atoms with E-state index in [9.17, 15) is 4.79 Å². The Balaban J connectivity index is 1.42. The second kappa shape index (κ2) is 7.61. The van der Waals surface area contributed by atoms with E-state index in [4.69, 9.17) is 4.74 Å². The minimum absolute atomic E-state index is 0.0221. The molecule has 128 valence electrons. The van der Waals surface area contributed by atoms with E-state index in [1.165, 1.54) is 4.88 Å². The van der Waals surface area contributed by atoms with Crippen molar-refractivity contribution in [3.8, 4) is 5.75 Å². The molecule has 0 aromatic carbocycles. The summed E-state index contributed by atoms with van der Waals surface area (Å²) in [5.41, 5.74) is 1.07. The third-order valence-electron chi connectivity index (χ3n) is 4.00. The second-order valence-electron chi connectivity index (χ2n) is 5.89. The minimum Gasteiger partial charge on any atom is -0.487 e. The van der Waals surface area contributed by atoms with Crippen LogP contribution in [0.5, 0.6) is 5.75 Å². The van der Waals surface area contributed by atoms with Gasteiger partial charge in [0, 0.05) is 37.0 Å². The first kappa shape index (κ1) is 16.7. The molecule has 6 nitrogen and oxygen atoms in total. The first-order chi connectivity index (χ1) is 11.6. The molecule has 0 saturated carbocycles. The summed E-state index contributed by atoms with van der Waals surface area (Å²) in [6.07, 6.45) is 5.11. The highest BCUT2D eigenvalue weighted by molar-refractivity contribution is 7.11. The maximum atomic E-state index is 12.3. The average Bonchev–Trinajstić information content (AvgIpc) is 3.15. The van der Waals surface area contributed by atoms with Crippen molar-refractivity contribution in [3.63, 3.8) is 0 Å². The predicted octanol–water partition coefficient (Wildman–Crippen LogP) is 2.56. The molecule has 0 radical (unpaired) electrons. The number of urea groups is 1. The summed E-state index contributed by atoms with van der Waals surface area (Å²) >= 11 is 1.70. The fraction of sp³-hybridized carbons (Fsp3) is 0.471. The highest BCUT2D eigenvalue weighted by Gasteiger charge is 2.27. The van der Waals surface area contributed by atoms with E-state index in [1.54, 1.807) is 23.7 Å². The van der Waals surface area contributed by atoms with E-state index in [1.807, 2.05) is 30.9 Å². The SMILES string of the molecule is Cc1nc(C)c(CCNC(=O)N2CCC(Oc3cccnc3)C2)s1. The van der Waals surface area contributed by atoms with Crippen LogP contribution in [-0.4, -0.2) is 46.6 Å². The van der Waals surface area contributed by atoms with E-state index in [-0.39, 0.29) is 12.1 Å². The summed E-state index contributed by atoms with van der Waals surface area (Å²) in [4.78, 5) is 23.8. The Morgan fingerprint density at radius 1 is 1.50 bits per heavy atom. The number of likely N-dealkylation sites (tertiary alicyclic amines) is 1. The van der Waals surface area contributed by atoms with Crippen molar-refractivity contribution in [2.45, 2.75) is 32.8 Å². The van der Waals surface area contributed by atoms with Gasteiger partial charge in [0.1, 0.15) is 11.9 Å². The van der Waals surface area contributed by atoms with Gasteiger partial charge in [-0.05, 0) is 26.0 Å². The number of aromatic nitrogens is 2. The smallest absolute Gasteiger partial charge is 0.317 e. The molecule has 1 aliphatic heterocycles. The number of aryl methyl sites for hydroxylation is 2. The summed E-state index contributed by atoms with van der Waals surface area (Å²) in [5.74, 6) is 0.751. The van der Waals surface area contributed by atoms with Crippen LogP contribution in [0.4, 0.5) is 4.79 Å². The molecule has 0 aliphatic carbocycles. The fourth-order valence-corrected chi connectivity index (χ4v) is 3.75. The van der Waals surface area contributed by atoms with Crippen molar-refractivity contribution < 1.29 is 9.53 Å². The zero-order valence-corrected chi connectivity index (χ0v) is 14.8. The Kier molecular flexibility index (Phi) is 5.30. The summed E-state index contributed by atoms with van der Waals surface area (Å²) in [7, 11) is 0. The molecule has 3 heterocycles. The van der Waals surface area contributed by atoms with E-state index in [0.29, 0.717) is 13.1 Å². The Labute approximate surface area is 145 Å². The van der Waals surface area contributed by atoms with E-state index < -0.39 is 0 Å². The zero-order chi connectivity index (χ0) is 16.9. The van der Waals surface area contributed by atoms with E-state index >= 15 is 0 Å². The standard InChI is InChI=1S/C17H22N4O2S/c1-12-16(24-13(2)20-12)5-8-19-17(22)21-9-6-15(11-21)23-14-4-3-7-18-10-14/h3-4,7,10,15H,5-6,8-9,11H2,1-2H3,(H,19,22). The number of nitrogens with zero attached hydrogens (tertiary/aromatic N) is 3. The van der Waals surface area contributed by atoms with Crippen molar-refractivity contribution in [2.24, 2.45) is 0 Å². The quantitative estimate of drug-likeness (QED) is 0.903. The Hall–Kier alpha value is -2.15. The number of hydrogen-bond donors (Lipinski definition) is 1. The van der Waals surface area contributed by atoms with Crippen LogP contribution in [0.3, 0.4) is 0 Å². The predicted molar refractivity (Wildman–Crippen MR) is 93.5 cm³/mol. The van der Waals surface area contributed by atoms with Crippen LogP contribution in [0.2, 0.25) is 0 Å². The highest BCUT2D eigenvalue weighted by Crippen LogP contribution is 2.18. The lowest BCUT2D eigenvalue weighted by atomic mass is 10.3. The van der Waals surface area contributed by atoms with Crippen molar-refractivity contribution in [1.29, 1.82) is 0 Å². The number of carbonyl (C=O) groups is 1. The van der Waals surface area contributed by atoms with Crippen molar-refractivity contribution in [1.82, 2.24) is 20.2 Å². The van der Waals surface area contributed by atoms with Crippen LogP contribution in [-0.2, 0) is 6.42 Å². The maximum Gasteiger partial charge on any atom is 0.317 e. The molecule has 1 fully saturated rings. The molecule has 1 aliphatic rings. The maximum absolute atomic E-state index is 12.3. The van der Waals surface area contributed by atoms with Gasteiger partial charge in [0.15, 0.2) is 0 Å². The highest BCUT2D eigenvalue weighted by atomic mass is 32.1. The fourth-order valence-electron chi connectivity index (χ4n) is 2.82. The molecule has 1 saturated heterocycles. The van der Waals surface area contributed by atoms with Crippen LogP contribution in [0.15, 0.2) is 24.5 Å². The van der Waals surface area contributed by atoms with E-state index in [0.717, 1.165) is 35.8 Å². The van der Waals surface area contributed by atoms with Crippen LogP contribution in [0.25, 0.3) is 0 Å². The monoisotopic (exact) mass is 346 g/mol. The summed E-state index contributed by atoms with van der Waals surface area (Å²) in [5, 5.41) is 4.06. The van der Waals surface area contributed by atoms with Gasteiger partial charge in [-0.15, -0.1) is 11.3 Å². The van der Waals surface area contributed by atoms with Gasteiger partial charge in [0.2, 0.25) is 0 Å². The first-order valence-corrected chi connectivity index (χ1v) is 8.96. The van der Waals surface area contributed by atoms with Crippen LogP contribution in [0, 0.1) is 13.8 Å². The van der Waals surface area contributed by atoms with Crippen LogP contribution >= 0.6 is 11.3 Å². The lowest BCUT2D eigenvalue weighted by Crippen LogP contribution is -2.40. The molecule has 1 atom stereocenters. The Morgan fingerprint density at radius 2 is 2.38 bits per heavy atom. The summed E-state index contributed by atoms with van der Waals surface area (Å²) < 4.78 is 5.86. The van der Waals surface area contributed by atoms with Gasteiger partial charge in [0.05, 0.1) is 23.4 Å². The van der Waals surface area contributed by atoms with Gasteiger partial charge in [-0.25, -0.2) is 9.78 Å². The van der Waals surface area contributed by atoms with E-state index in [2.05, 4.69) is 15.3 Å². The Morgan fingerprint density at radius 3 is 3.08 bits per heavy atom. The lowest BCUT2D eigenvalue weighted by molar-refractivity contribution is 0.187. The molecule has 1 N–H and O–H groups in total. The molecule has 2 aromatic rings. The molecule has 7 heteroatoms. The molecular formula is C17H22N4O2S. The van der Waals surface area contributed by atoms with Crippen molar-refractivity contribution >= 4 is 17.4 Å². The largest absolute Gasteiger partial charge is 0.487 e. The number of rotatable bonds is 5. The average molecular weight is 346 g/mol. The number of amides is 2. The van der Waals surface area contributed by atoms with Gasteiger partial charge in [-0.3, -0.25) is 4.98 Å². The van der Waals surface area contributed by atoms with Crippen molar-refractivity contribution in [3.05, 3.63) is 40.1 Å². The molecule has 2 aromatic heterocycles. The molecule has 0 spiro atoms. The van der Waals surface area contributed by atoms with Crippen LogP contribution < -0.4 is 10.1 Å². The van der Waals surface area contributed by atoms with Crippen LogP contribution in [0.1, 0.15) is 22.0 Å². The number of nitrogens with one attached hydrogen (secondary N) is 1. The lowest BCUT2D eigenvalue weighted by Gasteiger charge is -2.17. The number of hydrogen-bond acceptors (Lipinski definition) is 5.